The summed E-state index contributed by atoms with van der Waals surface area (Å²) in [7, 11) is 0. The SMILES string of the molecule is Cc1ccc(/C=C/C(=O)c2ccc(OC(=O)c3ccc(Cl)cc3)cc2)cc1. The van der Waals surface area contributed by atoms with Crippen LogP contribution in [-0.4, -0.2) is 11.8 Å². The van der Waals surface area contributed by atoms with Gasteiger partial charge in [0, 0.05) is 10.6 Å². The lowest BCUT2D eigenvalue weighted by molar-refractivity contribution is 0.0734. The van der Waals surface area contributed by atoms with E-state index < -0.39 is 5.97 Å². The fourth-order valence-electron chi connectivity index (χ4n) is 2.38. The van der Waals surface area contributed by atoms with E-state index in [2.05, 4.69) is 0 Å². The summed E-state index contributed by atoms with van der Waals surface area (Å²) < 4.78 is 5.30. The van der Waals surface area contributed by atoms with Crippen LogP contribution in [0.5, 0.6) is 5.75 Å². The van der Waals surface area contributed by atoms with Crippen LogP contribution in [0.1, 0.15) is 31.8 Å². The zero-order chi connectivity index (χ0) is 19.2. The number of halogens is 1. The van der Waals surface area contributed by atoms with E-state index in [0.29, 0.717) is 21.9 Å². The molecular weight excluding hydrogens is 360 g/mol. The number of hydrogen-bond acceptors (Lipinski definition) is 3. The number of esters is 1. The zero-order valence-electron chi connectivity index (χ0n) is 14.7. The standard InChI is InChI=1S/C23H17ClO3/c1-16-2-4-17(5-3-16)6-15-22(25)18-9-13-21(14-10-18)27-23(26)19-7-11-20(24)12-8-19/h2-15H,1H3/b15-6+. The number of aryl methyl sites for hydroxylation is 1. The third kappa shape index (κ3) is 5.16. The molecule has 0 saturated carbocycles. The van der Waals surface area contributed by atoms with Gasteiger partial charge in [0.25, 0.3) is 0 Å². The predicted molar refractivity (Wildman–Crippen MR) is 107 cm³/mol. The molecule has 0 radical (unpaired) electrons. The second kappa shape index (κ2) is 8.47. The molecule has 3 rings (SSSR count). The minimum atomic E-state index is -0.481. The van der Waals surface area contributed by atoms with Gasteiger partial charge in [0.05, 0.1) is 5.56 Å². The highest BCUT2D eigenvalue weighted by atomic mass is 35.5. The predicted octanol–water partition coefficient (Wildman–Crippen LogP) is 5.76. The molecule has 0 aliphatic heterocycles. The van der Waals surface area contributed by atoms with Crippen LogP contribution in [0.25, 0.3) is 6.08 Å². The van der Waals surface area contributed by atoms with Crippen molar-refractivity contribution in [3.8, 4) is 5.75 Å². The molecule has 3 aromatic rings. The van der Waals surface area contributed by atoms with Crippen LogP contribution in [0, 0.1) is 6.92 Å². The topological polar surface area (TPSA) is 43.4 Å². The Kier molecular flexibility index (Phi) is 5.84. The number of ether oxygens (including phenoxy) is 1. The summed E-state index contributed by atoms with van der Waals surface area (Å²) in [4.78, 5) is 24.3. The zero-order valence-corrected chi connectivity index (χ0v) is 15.4. The molecule has 134 valence electrons. The van der Waals surface area contributed by atoms with Crippen molar-refractivity contribution in [1.82, 2.24) is 0 Å². The molecule has 0 bridgehead atoms. The van der Waals surface area contributed by atoms with E-state index in [0.717, 1.165) is 5.56 Å². The quantitative estimate of drug-likeness (QED) is 0.246. The van der Waals surface area contributed by atoms with E-state index in [4.69, 9.17) is 16.3 Å². The summed E-state index contributed by atoms with van der Waals surface area (Å²) in [6.45, 7) is 2.01. The number of carbonyl (C=O) groups excluding carboxylic acids is 2. The Balaban J connectivity index is 1.64. The van der Waals surface area contributed by atoms with Crippen molar-refractivity contribution in [2.75, 3.05) is 0 Å². The van der Waals surface area contributed by atoms with Gasteiger partial charge in [0.2, 0.25) is 0 Å². The third-order valence-electron chi connectivity index (χ3n) is 3.93. The van der Waals surface area contributed by atoms with Crippen molar-refractivity contribution in [2.24, 2.45) is 0 Å². The van der Waals surface area contributed by atoms with Gasteiger partial charge >= 0.3 is 5.97 Å². The van der Waals surface area contributed by atoms with E-state index in [-0.39, 0.29) is 5.78 Å². The molecular formula is C23H17ClO3. The van der Waals surface area contributed by atoms with Crippen molar-refractivity contribution in [1.29, 1.82) is 0 Å². The van der Waals surface area contributed by atoms with Gasteiger partial charge in [-0.2, -0.15) is 0 Å². The lowest BCUT2D eigenvalue weighted by Crippen LogP contribution is -2.08. The van der Waals surface area contributed by atoms with E-state index in [1.165, 1.54) is 11.6 Å². The molecule has 0 spiro atoms. The first-order valence-electron chi connectivity index (χ1n) is 8.38. The minimum Gasteiger partial charge on any atom is -0.423 e. The molecule has 0 amide bonds. The first kappa shape index (κ1) is 18.6. The summed E-state index contributed by atoms with van der Waals surface area (Å²) >= 11 is 5.81. The fraction of sp³-hybridized carbons (Fsp3) is 0.0435. The Morgan fingerprint density at radius 3 is 2.04 bits per heavy atom. The van der Waals surface area contributed by atoms with Crippen molar-refractivity contribution < 1.29 is 14.3 Å². The van der Waals surface area contributed by atoms with Crippen molar-refractivity contribution in [2.45, 2.75) is 6.92 Å². The molecule has 0 unspecified atom stereocenters. The summed E-state index contributed by atoms with van der Waals surface area (Å²) in [5, 5.41) is 0.549. The van der Waals surface area contributed by atoms with Gasteiger partial charge in [-0.1, -0.05) is 47.5 Å². The summed E-state index contributed by atoms with van der Waals surface area (Å²) in [6.07, 6.45) is 3.30. The van der Waals surface area contributed by atoms with E-state index in [1.807, 2.05) is 31.2 Å². The average Bonchev–Trinajstić information content (AvgIpc) is 2.68. The Hall–Kier alpha value is -3.17. The maximum atomic E-state index is 12.3. The maximum Gasteiger partial charge on any atom is 0.343 e. The van der Waals surface area contributed by atoms with E-state index >= 15 is 0 Å². The smallest absolute Gasteiger partial charge is 0.343 e. The molecule has 27 heavy (non-hydrogen) atoms. The lowest BCUT2D eigenvalue weighted by Gasteiger charge is -2.05. The van der Waals surface area contributed by atoms with E-state index in [1.54, 1.807) is 54.6 Å². The van der Waals surface area contributed by atoms with Crippen LogP contribution >= 0.6 is 11.6 Å². The number of carbonyl (C=O) groups is 2. The third-order valence-corrected chi connectivity index (χ3v) is 4.19. The van der Waals surface area contributed by atoms with Crippen molar-refractivity contribution in [3.63, 3.8) is 0 Å². The molecule has 0 atom stereocenters. The Morgan fingerprint density at radius 2 is 1.41 bits per heavy atom. The molecule has 0 saturated heterocycles. The highest BCUT2D eigenvalue weighted by Gasteiger charge is 2.09. The van der Waals surface area contributed by atoms with Crippen LogP contribution in [0.15, 0.2) is 78.9 Å². The van der Waals surface area contributed by atoms with Gasteiger partial charge in [0.15, 0.2) is 5.78 Å². The maximum absolute atomic E-state index is 12.3. The van der Waals surface area contributed by atoms with Crippen LogP contribution in [0.2, 0.25) is 5.02 Å². The highest BCUT2D eigenvalue weighted by Crippen LogP contribution is 2.17. The van der Waals surface area contributed by atoms with Gasteiger partial charge in [-0.05, 0) is 67.1 Å². The first-order valence-corrected chi connectivity index (χ1v) is 8.76. The molecule has 0 heterocycles. The van der Waals surface area contributed by atoms with E-state index in [9.17, 15) is 9.59 Å². The number of benzene rings is 3. The lowest BCUT2D eigenvalue weighted by atomic mass is 10.1. The van der Waals surface area contributed by atoms with Crippen LogP contribution in [-0.2, 0) is 0 Å². The monoisotopic (exact) mass is 376 g/mol. The first-order chi connectivity index (χ1) is 13.0. The Bertz CT molecular complexity index is 970. The van der Waals surface area contributed by atoms with Gasteiger partial charge in [-0.25, -0.2) is 4.79 Å². The summed E-state index contributed by atoms with van der Waals surface area (Å²) in [5.74, 6) is -0.231. The van der Waals surface area contributed by atoms with Gasteiger partial charge in [-0.3, -0.25) is 4.79 Å². The number of rotatable bonds is 5. The van der Waals surface area contributed by atoms with Gasteiger partial charge in [-0.15, -0.1) is 0 Å². The summed E-state index contributed by atoms with van der Waals surface area (Å²) in [6, 6.07) is 20.8. The Labute approximate surface area is 162 Å². The molecule has 0 fully saturated rings. The van der Waals surface area contributed by atoms with Crippen LogP contribution in [0.4, 0.5) is 0 Å². The van der Waals surface area contributed by atoms with Crippen molar-refractivity contribution >= 4 is 29.4 Å². The number of allylic oxidation sites excluding steroid dienone is 1. The van der Waals surface area contributed by atoms with Crippen LogP contribution in [0.3, 0.4) is 0 Å². The molecule has 3 aromatic carbocycles. The largest absolute Gasteiger partial charge is 0.423 e. The number of hydrogen-bond donors (Lipinski definition) is 0. The minimum absolute atomic E-state index is 0.119. The average molecular weight is 377 g/mol. The molecule has 0 aliphatic carbocycles. The second-order valence-corrected chi connectivity index (χ2v) is 6.47. The van der Waals surface area contributed by atoms with Crippen molar-refractivity contribution in [3.05, 3.63) is 106 Å². The molecule has 0 N–H and O–H groups in total. The molecule has 4 heteroatoms. The Morgan fingerprint density at radius 1 is 0.815 bits per heavy atom. The van der Waals surface area contributed by atoms with Gasteiger partial charge in [0.1, 0.15) is 5.75 Å². The molecule has 3 nitrogen and oxygen atoms in total. The summed E-state index contributed by atoms with van der Waals surface area (Å²) in [5.41, 5.74) is 3.05. The van der Waals surface area contributed by atoms with Gasteiger partial charge < -0.3 is 4.74 Å². The fourth-order valence-corrected chi connectivity index (χ4v) is 2.51. The normalized spacial score (nSPS) is 10.7. The second-order valence-electron chi connectivity index (χ2n) is 6.03. The highest BCUT2D eigenvalue weighted by molar-refractivity contribution is 6.30. The number of ketones is 1. The van der Waals surface area contributed by atoms with Crippen LogP contribution < -0.4 is 4.74 Å². The molecule has 0 aliphatic rings. The molecule has 0 aromatic heterocycles.